The Labute approximate surface area is 88.5 Å². The molecule has 1 aromatic heterocycles. The van der Waals surface area contributed by atoms with Crippen molar-refractivity contribution in [3.8, 4) is 0 Å². The van der Waals surface area contributed by atoms with Crippen LogP contribution in [0, 0.1) is 6.92 Å². The third-order valence-electron chi connectivity index (χ3n) is 2.48. The van der Waals surface area contributed by atoms with E-state index in [0.717, 1.165) is 0 Å². The van der Waals surface area contributed by atoms with Crippen LogP contribution in [0.2, 0.25) is 0 Å². The molecule has 2 heterocycles. The fraction of sp³-hybridized carbons (Fsp3) is 0.625. The van der Waals surface area contributed by atoms with E-state index in [1.807, 2.05) is 0 Å². The minimum Gasteiger partial charge on any atom is -0.332 e. The molecular formula is C8H14N4O2S. The molecule has 0 aliphatic carbocycles. The van der Waals surface area contributed by atoms with E-state index in [2.05, 4.69) is 9.97 Å². The molecule has 1 aliphatic heterocycles. The van der Waals surface area contributed by atoms with Crippen molar-refractivity contribution in [3.63, 3.8) is 0 Å². The Hall–Kier alpha value is -0.920. The van der Waals surface area contributed by atoms with Gasteiger partial charge in [0.15, 0.2) is 5.03 Å². The smallest absolute Gasteiger partial charge is 0.260 e. The van der Waals surface area contributed by atoms with E-state index >= 15 is 0 Å². The van der Waals surface area contributed by atoms with Crippen molar-refractivity contribution in [2.24, 2.45) is 5.73 Å². The van der Waals surface area contributed by atoms with Crippen LogP contribution in [0.15, 0.2) is 11.2 Å². The van der Waals surface area contributed by atoms with Gasteiger partial charge in [0, 0.05) is 19.1 Å². The predicted octanol–water partition coefficient (Wildman–Crippen LogP) is -0.560. The van der Waals surface area contributed by atoms with Crippen LogP contribution >= 0.6 is 0 Å². The highest BCUT2D eigenvalue weighted by Gasteiger charge is 2.31. The SMILES string of the molecule is Cc1ncc(S(=O)(=O)N2CC[C@H](N)C2)[nH]1. The number of aryl methyl sites for hydroxylation is 1. The Balaban J connectivity index is 2.27. The second kappa shape index (κ2) is 3.58. The summed E-state index contributed by atoms with van der Waals surface area (Å²) in [5.41, 5.74) is 5.67. The monoisotopic (exact) mass is 230 g/mol. The standard InChI is InChI=1S/C8H14N4O2S/c1-6-10-4-8(11-6)15(13,14)12-3-2-7(9)5-12/h4,7H,2-3,5,9H2,1H3,(H,10,11)/t7-/m0/s1. The van der Waals surface area contributed by atoms with Gasteiger partial charge in [0.2, 0.25) is 0 Å². The third-order valence-corrected chi connectivity index (χ3v) is 4.26. The minimum absolute atomic E-state index is 0.0520. The summed E-state index contributed by atoms with van der Waals surface area (Å²) in [6.45, 7) is 2.59. The van der Waals surface area contributed by atoms with Crippen LogP contribution < -0.4 is 5.73 Å². The number of nitrogens with one attached hydrogen (secondary N) is 1. The van der Waals surface area contributed by atoms with E-state index in [1.165, 1.54) is 10.5 Å². The van der Waals surface area contributed by atoms with Crippen molar-refractivity contribution < 1.29 is 8.42 Å². The molecule has 84 valence electrons. The molecule has 0 radical (unpaired) electrons. The Bertz CT molecular complexity index is 453. The molecule has 3 N–H and O–H groups in total. The molecule has 1 aliphatic rings. The average molecular weight is 230 g/mol. The zero-order valence-electron chi connectivity index (χ0n) is 8.47. The molecule has 0 unspecified atom stereocenters. The number of rotatable bonds is 2. The van der Waals surface area contributed by atoms with Crippen molar-refractivity contribution in [1.82, 2.24) is 14.3 Å². The number of nitrogens with two attached hydrogens (primary N) is 1. The fourth-order valence-electron chi connectivity index (χ4n) is 1.64. The van der Waals surface area contributed by atoms with Gasteiger partial charge >= 0.3 is 0 Å². The summed E-state index contributed by atoms with van der Waals surface area (Å²) in [6.07, 6.45) is 2.06. The lowest BCUT2D eigenvalue weighted by Crippen LogP contribution is -2.32. The third kappa shape index (κ3) is 1.90. The van der Waals surface area contributed by atoms with Gasteiger partial charge in [-0.25, -0.2) is 13.4 Å². The fourth-order valence-corrected chi connectivity index (χ4v) is 3.11. The zero-order chi connectivity index (χ0) is 11.1. The number of sulfonamides is 1. The molecule has 6 nitrogen and oxygen atoms in total. The number of hydrogen-bond donors (Lipinski definition) is 2. The van der Waals surface area contributed by atoms with E-state index < -0.39 is 10.0 Å². The van der Waals surface area contributed by atoms with Gasteiger partial charge in [0.1, 0.15) is 5.82 Å². The van der Waals surface area contributed by atoms with Gasteiger partial charge < -0.3 is 10.7 Å². The highest BCUT2D eigenvalue weighted by atomic mass is 32.2. The van der Waals surface area contributed by atoms with Crippen molar-refractivity contribution in [3.05, 3.63) is 12.0 Å². The summed E-state index contributed by atoms with van der Waals surface area (Å²) in [7, 11) is -3.42. The number of aromatic nitrogens is 2. The summed E-state index contributed by atoms with van der Waals surface area (Å²) in [5, 5.41) is 0.147. The normalized spacial score (nSPS) is 23.5. The van der Waals surface area contributed by atoms with Gasteiger partial charge in [-0.05, 0) is 13.3 Å². The van der Waals surface area contributed by atoms with Crippen molar-refractivity contribution in [2.75, 3.05) is 13.1 Å². The second-order valence-corrected chi connectivity index (χ2v) is 5.65. The lowest BCUT2D eigenvalue weighted by atomic mass is 10.3. The average Bonchev–Trinajstić information content (AvgIpc) is 2.74. The zero-order valence-corrected chi connectivity index (χ0v) is 9.29. The number of imidazole rings is 1. The molecule has 1 aromatic rings. The van der Waals surface area contributed by atoms with Crippen LogP contribution in [-0.2, 0) is 10.0 Å². The lowest BCUT2D eigenvalue weighted by Gasteiger charge is -2.13. The first-order valence-electron chi connectivity index (χ1n) is 4.77. The highest BCUT2D eigenvalue weighted by molar-refractivity contribution is 7.89. The molecule has 0 amide bonds. The molecule has 15 heavy (non-hydrogen) atoms. The van der Waals surface area contributed by atoms with Crippen LogP contribution in [0.1, 0.15) is 12.2 Å². The van der Waals surface area contributed by atoms with E-state index in [1.54, 1.807) is 6.92 Å². The number of hydrogen-bond acceptors (Lipinski definition) is 4. The maximum atomic E-state index is 12.0. The summed E-state index contributed by atoms with van der Waals surface area (Å²) < 4.78 is 25.4. The summed E-state index contributed by atoms with van der Waals surface area (Å²) >= 11 is 0. The summed E-state index contributed by atoms with van der Waals surface area (Å²) in [5.74, 6) is 0.595. The highest BCUT2D eigenvalue weighted by Crippen LogP contribution is 2.18. The van der Waals surface area contributed by atoms with Gasteiger partial charge in [-0.2, -0.15) is 4.31 Å². The maximum Gasteiger partial charge on any atom is 0.260 e. The Morgan fingerprint density at radius 3 is 2.87 bits per heavy atom. The molecular weight excluding hydrogens is 216 g/mol. The molecule has 1 saturated heterocycles. The van der Waals surface area contributed by atoms with Gasteiger partial charge in [0.05, 0.1) is 6.20 Å². The van der Waals surface area contributed by atoms with Crippen molar-refractivity contribution in [2.45, 2.75) is 24.4 Å². The van der Waals surface area contributed by atoms with Crippen molar-refractivity contribution in [1.29, 1.82) is 0 Å². The largest absolute Gasteiger partial charge is 0.332 e. The number of aromatic amines is 1. The first-order valence-corrected chi connectivity index (χ1v) is 6.21. The van der Waals surface area contributed by atoms with E-state index in [-0.39, 0.29) is 11.1 Å². The van der Waals surface area contributed by atoms with Gasteiger partial charge in [0.25, 0.3) is 10.0 Å². The Kier molecular flexibility index (Phi) is 2.53. The molecule has 0 bridgehead atoms. The molecule has 0 saturated carbocycles. The van der Waals surface area contributed by atoms with Gasteiger partial charge in [-0.1, -0.05) is 0 Å². The molecule has 2 rings (SSSR count). The molecule has 0 spiro atoms. The lowest BCUT2D eigenvalue weighted by molar-refractivity contribution is 0.470. The topological polar surface area (TPSA) is 92.1 Å². The summed E-state index contributed by atoms with van der Waals surface area (Å²) in [6, 6.07) is -0.0520. The van der Waals surface area contributed by atoms with Crippen LogP contribution in [0.25, 0.3) is 0 Å². The predicted molar refractivity (Wildman–Crippen MR) is 54.7 cm³/mol. The van der Waals surface area contributed by atoms with E-state index in [9.17, 15) is 8.42 Å². The van der Waals surface area contributed by atoms with Gasteiger partial charge in [-0.15, -0.1) is 0 Å². The number of nitrogens with zero attached hydrogens (tertiary/aromatic N) is 2. The van der Waals surface area contributed by atoms with Crippen LogP contribution in [0.4, 0.5) is 0 Å². The van der Waals surface area contributed by atoms with Crippen LogP contribution in [0.3, 0.4) is 0 Å². The Morgan fingerprint density at radius 2 is 2.40 bits per heavy atom. The first kappa shape index (κ1) is 10.6. The Morgan fingerprint density at radius 1 is 1.67 bits per heavy atom. The second-order valence-electron chi connectivity index (χ2n) is 3.74. The first-order chi connectivity index (χ1) is 7.00. The summed E-state index contributed by atoms with van der Waals surface area (Å²) in [4.78, 5) is 6.61. The maximum absolute atomic E-state index is 12.0. The van der Waals surface area contributed by atoms with Crippen LogP contribution in [0.5, 0.6) is 0 Å². The number of H-pyrrole nitrogens is 1. The molecule has 0 aromatic carbocycles. The van der Waals surface area contributed by atoms with Gasteiger partial charge in [-0.3, -0.25) is 0 Å². The molecule has 1 fully saturated rings. The van der Waals surface area contributed by atoms with Crippen LogP contribution in [-0.4, -0.2) is 41.8 Å². The molecule has 7 heteroatoms. The van der Waals surface area contributed by atoms with Crippen molar-refractivity contribution >= 4 is 10.0 Å². The van der Waals surface area contributed by atoms with E-state index in [0.29, 0.717) is 25.3 Å². The molecule has 1 atom stereocenters. The minimum atomic E-state index is -3.42. The quantitative estimate of drug-likeness (QED) is 0.712. The van der Waals surface area contributed by atoms with E-state index in [4.69, 9.17) is 5.73 Å².